The fourth-order valence-electron chi connectivity index (χ4n) is 12.1. The van der Waals surface area contributed by atoms with Gasteiger partial charge in [-0.2, -0.15) is 0 Å². The van der Waals surface area contributed by atoms with Gasteiger partial charge in [-0.05, 0) is 142 Å². The van der Waals surface area contributed by atoms with Crippen LogP contribution in [0.3, 0.4) is 0 Å². The molecule has 12 rings (SSSR count). The van der Waals surface area contributed by atoms with Crippen molar-refractivity contribution in [2.45, 2.75) is 56.8 Å². The van der Waals surface area contributed by atoms with Crippen molar-refractivity contribution in [1.82, 2.24) is 0 Å². The Morgan fingerprint density at radius 3 is 1.90 bits per heavy atom. The molecule has 244 valence electrons. The number of para-hydroxylation sites is 1. The molecule has 6 aliphatic rings. The topological polar surface area (TPSA) is 3.24 Å². The van der Waals surface area contributed by atoms with E-state index in [1.807, 2.05) is 0 Å². The van der Waals surface area contributed by atoms with Gasteiger partial charge >= 0.3 is 0 Å². The van der Waals surface area contributed by atoms with Crippen molar-refractivity contribution in [1.29, 1.82) is 0 Å². The molecule has 0 radical (unpaired) electrons. The summed E-state index contributed by atoms with van der Waals surface area (Å²) in [4.78, 5) is 2.57. The number of rotatable bonds is 4. The van der Waals surface area contributed by atoms with E-state index >= 15 is 0 Å². The summed E-state index contributed by atoms with van der Waals surface area (Å²) in [7, 11) is 0. The molecule has 6 aromatic carbocycles. The van der Waals surface area contributed by atoms with Gasteiger partial charge in [-0.3, -0.25) is 0 Å². The average Bonchev–Trinajstić information content (AvgIpc) is 3.57. The second-order valence-corrected chi connectivity index (χ2v) is 16.6. The van der Waals surface area contributed by atoms with Crippen LogP contribution in [-0.4, -0.2) is 0 Å². The summed E-state index contributed by atoms with van der Waals surface area (Å²) in [6.07, 6.45) is 7.01. The van der Waals surface area contributed by atoms with Crippen LogP contribution in [-0.2, 0) is 10.8 Å². The molecule has 0 atom stereocenters. The third-order valence-corrected chi connectivity index (χ3v) is 13.8. The lowest BCUT2D eigenvalue weighted by atomic mass is 9.43. The zero-order valence-electron chi connectivity index (χ0n) is 29.1. The van der Waals surface area contributed by atoms with E-state index in [0.29, 0.717) is 0 Å². The molecule has 1 spiro atoms. The molecular formula is C49H43N. The molecule has 0 aromatic heterocycles. The highest BCUT2D eigenvalue weighted by atomic mass is 15.1. The number of anilines is 3. The molecule has 0 heterocycles. The highest BCUT2D eigenvalue weighted by Gasteiger charge is 2.61. The smallest absolute Gasteiger partial charge is 0.0543 e. The molecule has 0 unspecified atom stereocenters. The fourth-order valence-corrected chi connectivity index (χ4v) is 12.1. The van der Waals surface area contributed by atoms with Crippen LogP contribution in [0.5, 0.6) is 0 Å². The SMILES string of the molecule is CC1(C)c2ccccc2-c2c(N(c3ccccc3)c3ccc4c(c3)C3(c5ccc(-c6ccccc6)cc5-4)C4CC5CC(C4)CC3C5)cccc21. The highest BCUT2D eigenvalue weighted by Crippen LogP contribution is 2.70. The first kappa shape index (κ1) is 28.9. The van der Waals surface area contributed by atoms with Gasteiger partial charge < -0.3 is 4.90 Å². The molecule has 1 nitrogen and oxygen atoms in total. The van der Waals surface area contributed by atoms with Gasteiger partial charge in [0.1, 0.15) is 0 Å². The molecule has 4 bridgehead atoms. The van der Waals surface area contributed by atoms with Crippen molar-refractivity contribution >= 4 is 17.1 Å². The van der Waals surface area contributed by atoms with E-state index in [1.54, 1.807) is 11.1 Å². The zero-order chi connectivity index (χ0) is 33.2. The summed E-state index contributed by atoms with van der Waals surface area (Å²) >= 11 is 0. The second kappa shape index (κ2) is 10.3. The van der Waals surface area contributed by atoms with Crippen molar-refractivity contribution in [2.75, 3.05) is 4.90 Å². The van der Waals surface area contributed by atoms with Gasteiger partial charge in [-0.1, -0.05) is 117 Å². The van der Waals surface area contributed by atoms with Gasteiger partial charge in [0.15, 0.2) is 0 Å². The van der Waals surface area contributed by atoms with Crippen molar-refractivity contribution < 1.29 is 0 Å². The van der Waals surface area contributed by atoms with Crippen molar-refractivity contribution in [3.63, 3.8) is 0 Å². The molecule has 50 heavy (non-hydrogen) atoms. The summed E-state index contributed by atoms with van der Waals surface area (Å²) in [5.74, 6) is 3.27. The van der Waals surface area contributed by atoms with Gasteiger partial charge in [0.2, 0.25) is 0 Å². The van der Waals surface area contributed by atoms with Crippen LogP contribution >= 0.6 is 0 Å². The Morgan fingerprint density at radius 2 is 1.14 bits per heavy atom. The minimum absolute atomic E-state index is 0.0508. The van der Waals surface area contributed by atoms with Crippen LogP contribution in [0.4, 0.5) is 17.1 Å². The van der Waals surface area contributed by atoms with E-state index in [2.05, 4.69) is 158 Å². The number of nitrogens with zero attached hydrogens (tertiary/aromatic N) is 1. The minimum atomic E-state index is -0.0508. The van der Waals surface area contributed by atoms with Gasteiger partial charge in [-0.15, -0.1) is 0 Å². The van der Waals surface area contributed by atoms with E-state index in [-0.39, 0.29) is 10.8 Å². The first-order valence-electron chi connectivity index (χ1n) is 18.9. The normalized spacial score (nSPS) is 25.6. The largest absolute Gasteiger partial charge is 0.310 e. The summed E-state index contributed by atoms with van der Waals surface area (Å²) in [6, 6.07) is 53.2. The molecule has 1 heteroatoms. The second-order valence-electron chi connectivity index (χ2n) is 16.6. The summed E-state index contributed by atoms with van der Waals surface area (Å²) in [5, 5.41) is 0. The van der Waals surface area contributed by atoms with E-state index in [0.717, 1.165) is 23.7 Å². The zero-order valence-corrected chi connectivity index (χ0v) is 29.1. The standard InChI is InChI=1S/C49H43N/c1-48(2)42-17-10-9-16-40(42)47-44(48)18-11-19-46(47)50(37-14-7-4-8-15-37)38-21-22-39-41-29-34(33-12-5-3-6-13-33)20-23-43(41)49(45(39)30-38)35-25-31-24-32(27-35)28-36(49)26-31/h3-23,29-32,35-36H,24-28H2,1-2H3. The molecule has 6 aliphatic carbocycles. The van der Waals surface area contributed by atoms with E-state index < -0.39 is 0 Å². The first-order chi connectivity index (χ1) is 24.5. The Morgan fingerprint density at radius 1 is 0.460 bits per heavy atom. The van der Waals surface area contributed by atoms with Gasteiger partial charge in [0, 0.05) is 27.8 Å². The van der Waals surface area contributed by atoms with Crippen LogP contribution in [0.1, 0.15) is 68.2 Å². The maximum absolute atomic E-state index is 2.65. The fraction of sp³-hybridized carbons (Fsp3) is 0.265. The predicted octanol–water partition coefficient (Wildman–Crippen LogP) is 12.9. The van der Waals surface area contributed by atoms with Crippen LogP contribution < -0.4 is 4.90 Å². The Labute approximate surface area is 296 Å². The summed E-state index contributed by atoms with van der Waals surface area (Å²) < 4.78 is 0. The Balaban J connectivity index is 1.15. The van der Waals surface area contributed by atoms with Crippen molar-refractivity contribution in [2.24, 2.45) is 23.7 Å². The first-order valence-corrected chi connectivity index (χ1v) is 18.9. The Kier molecular flexibility index (Phi) is 5.97. The Bertz CT molecular complexity index is 2280. The van der Waals surface area contributed by atoms with Crippen LogP contribution in [0, 0.1) is 23.7 Å². The van der Waals surface area contributed by atoms with E-state index in [1.165, 1.54) is 93.7 Å². The average molecular weight is 646 g/mol. The van der Waals surface area contributed by atoms with Crippen molar-refractivity contribution in [3.8, 4) is 33.4 Å². The molecule has 0 saturated heterocycles. The maximum atomic E-state index is 2.65. The summed E-state index contributed by atoms with van der Waals surface area (Å²) in [5.41, 5.74) is 18.1. The lowest BCUT2D eigenvalue weighted by molar-refractivity contribution is -0.0399. The predicted molar refractivity (Wildman–Crippen MR) is 207 cm³/mol. The van der Waals surface area contributed by atoms with Crippen LogP contribution in [0.25, 0.3) is 33.4 Å². The lowest BCUT2D eigenvalue weighted by Crippen LogP contribution is -2.55. The molecule has 6 aromatic rings. The molecule has 4 saturated carbocycles. The maximum Gasteiger partial charge on any atom is 0.0543 e. The van der Waals surface area contributed by atoms with Gasteiger partial charge in [0.25, 0.3) is 0 Å². The van der Waals surface area contributed by atoms with Crippen LogP contribution in [0.2, 0.25) is 0 Å². The molecule has 0 aliphatic heterocycles. The highest BCUT2D eigenvalue weighted by molar-refractivity contribution is 5.96. The third-order valence-electron chi connectivity index (χ3n) is 13.8. The van der Waals surface area contributed by atoms with Gasteiger partial charge in [-0.25, -0.2) is 0 Å². The number of fused-ring (bicyclic) bond motifs is 6. The molecule has 0 amide bonds. The molecular weight excluding hydrogens is 603 g/mol. The molecule has 0 N–H and O–H groups in total. The monoisotopic (exact) mass is 645 g/mol. The number of hydrogen-bond donors (Lipinski definition) is 0. The quantitative estimate of drug-likeness (QED) is 0.184. The number of hydrogen-bond acceptors (Lipinski definition) is 1. The third kappa shape index (κ3) is 3.79. The minimum Gasteiger partial charge on any atom is -0.310 e. The summed E-state index contributed by atoms with van der Waals surface area (Å²) in [6.45, 7) is 4.78. The lowest BCUT2D eigenvalue weighted by Gasteiger charge is -2.61. The number of benzene rings is 6. The Hall–Kier alpha value is -4.88. The van der Waals surface area contributed by atoms with Crippen molar-refractivity contribution in [3.05, 3.63) is 162 Å². The van der Waals surface area contributed by atoms with Crippen LogP contribution in [0.15, 0.2) is 140 Å². The molecule has 4 fully saturated rings. The van der Waals surface area contributed by atoms with E-state index in [4.69, 9.17) is 0 Å². The van der Waals surface area contributed by atoms with Gasteiger partial charge in [0.05, 0.1) is 5.69 Å². The van der Waals surface area contributed by atoms with E-state index in [9.17, 15) is 0 Å².